The Hall–Kier alpha value is -2.67. The maximum Gasteiger partial charge on any atom is 0.276 e. The van der Waals surface area contributed by atoms with Gasteiger partial charge in [-0.2, -0.15) is 10.5 Å². The molecule has 7 nitrogen and oxygen atoms in total. The monoisotopic (exact) mass is 286 g/mol. The van der Waals surface area contributed by atoms with Crippen LogP contribution in [0.2, 0.25) is 0 Å². The summed E-state index contributed by atoms with van der Waals surface area (Å²) in [5.74, 6) is 0.180. The predicted molar refractivity (Wildman–Crippen MR) is 77.4 cm³/mol. The Morgan fingerprint density at radius 2 is 2.00 bits per heavy atom. The molecule has 1 amide bonds. The first-order chi connectivity index (χ1) is 10.0. The number of anilines is 1. The molecule has 0 unspecified atom stereocenters. The summed E-state index contributed by atoms with van der Waals surface area (Å²) in [7, 11) is 0. The molecule has 0 radical (unpaired) electrons. The van der Waals surface area contributed by atoms with Gasteiger partial charge in [0.1, 0.15) is 18.9 Å². The summed E-state index contributed by atoms with van der Waals surface area (Å²) in [4.78, 5) is 22.2. The van der Waals surface area contributed by atoms with Crippen molar-refractivity contribution in [2.75, 3.05) is 25.0 Å². The molecular weight excluding hydrogens is 268 g/mol. The van der Waals surface area contributed by atoms with Gasteiger partial charge in [-0.25, -0.2) is 9.97 Å². The smallest absolute Gasteiger partial charge is 0.276 e. The Morgan fingerprint density at radius 1 is 1.38 bits per heavy atom. The number of hydrogen-bond donors (Lipinski definition) is 1. The molecule has 0 atom stereocenters. The second kappa shape index (κ2) is 7.81. The van der Waals surface area contributed by atoms with Gasteiger partial charge in [-0.1, -0.05) is 13.8 Å². The van der Waals surface area contributed by atoms with E-state index in [9.17, 15) is 4.79 Å². The molecule has 1 aromatic rings. The highest BCUT2D eigenvalue weighted by atomic mass is 16.2. The van der Waals surface area contributed by atoms with Crippen molar-refractivity contribution in [3.63, 3.8) is 0 Å². The van der Waals surface area contributed by atoms with Crippen molar-refractivity contribution in [2.24, 2.45) is 0 Å². The summed E-state index contributed by atoms with van der Waals surface area (Å²) in [6.07, 6.45) is 1.57. The van der Waals surface area contributed by atoms with E-state index in [0.717, 1.165) is 4.90 Å². The van der Waals surface area contributed by atoms with E-state index in [-0.39, 0.29) is 24.7 Å². The molecule has 21 heavy (non-hydrogen) atoms. The van der Waals surface area contributed by atoms with Crippen LogP contribution in [0.5, 0.6) is 0 Å². The molecule has 0 bridgehead atoms. The SMILES string of the molecule is CCNc1cnc(C(C)C)nc1C(=O)N(CC#N)CC#N. The molecule has 0 aromatic carbocycles. The lowest BCUT2D eigenvalue weighted by molar-refractivity contribution is 0.0789. The molecule has 1 rings (SSSR count). The van der Waals surface area contributed by atoms with E-state index < -0.39 is 5.91 Å². The number of nitrogens with zero attached hydrogens (tertiary/aromatic N) is 5. The zero-order valence-electron chi connectivity index (χ0n) is 12.4. The fourth-order valence-corrected chi connectivity index (χ4v) is 1.68. The van der Waals surface area contributed by atoms with Crippen molar-refractivity contribution in [1.29, 1.82) is 10.5 Å². The van der Waals surface area contributed by atoms with Crippen molar-refractivity contribution in [3.05, 3.63) is 17.7 Å². The third kappa shape index (κ3) is 4.15. The fourth-order valence-electron chi connectivity index (χ4n) is 1.68. The van der Waals surface area contributed by atoms with Crippen LogP contribution in [0, 0.1) is 22.7 Å². The normalized spacial score (nSPS) is 9.81. The number of carbonyl (C=O) groups excluding carboxylic acids is 1. The van der Waals surface area contributed by atoms with E-state index in [1.54, 1.807) is 6.20 Å². The van der Waals surface area contributed by atoms with E-state index in [4.69, 9.17) is 10.5 Å². The van der Waals surface area contributed by atoms with E-state index in [0.29, 0.717) is 18.1 Å². The summed E-state index contributed by atoms with van der Waals surface area (Å²) in [6, 6.07) is 3.76. The summed E-state index contributed by atoms with van der Waals surface area (Å²) in [6.45, 7) is 6.06. The minimum atomic E-state index is -0.446. The van der Waals surface area contributed by atoms with Crippen LogP contribution in [0.4, 0.5) is 5.69 Å². The average Bonchev–Trinajstić information content (AvgIpc) is 2.47. The maximum absolute atomic E-state index is 12.5. The number of hydrogen-bond acceptors (Lipinski definition) is 6. The van der Waals surface area contributed by atoms with Gasteiger partial charge in [0.05, 0.1) is 24.0 Å². The molecule has 0 aliphatic heterocycles. The van der Waals surface area contributed by atoms with Crippen LogP contribution < -0.4 is 5.32 Å². The van der Waals surface area contributed by atoms with Gasteiger partial charge in [0.2, 0.25) is 0 Å². The van der Waals surface area contributed by atoms with E-state index in [2.05, 4.69) is 15.3 Å². The fraction of sp³-hybridized carbons (Fsp3) is 0.500. The summed E-state index contributed by atoms with van der Waals surface area (Å²) >= 11 is 0. The molecule has 0 saturated carbocycles. The molecule has 0 aliphatic carbocycles. The van der Waals surface area contributed by atoms with Gasteiger partial charge in [0, 0.05) is 12.5 Å². The Kier molecular flexibility index (Phi) is 6.09. The Labute approximate surface area is 124 Å². The van der Waals surface area contributed by atoms with Crippen molar-refractivity contribution < 1.29 is 4.79 Å². The van der Waals surface area contributed by atoms with Crippen molar-refractivity contribution in [1.82, 2.24) is 14.9 Å². The minimum absolute atomic E-state index is 0.0765. The number of nitrogens with one attached hydrogen (secondary N) is 1. The zero-order valence-corrected chi connectivity index (χ0v) is 12.4. The van der Waals surface area contributed by atoms with Crippen molar-refractivity contribution in [3.8, 4) is 12.1 Å². The quantitative estimate of drug-likeness (QED) is 0.795. The lowest BCUT2D eigenvalue weighted by Gasteiger charge is -2.18. The zero-order chi connectivity index (χ0) is 15.8. The number of rotatable bonds is 6. The summed E-state index contributed by atoms with van der Waals surface area (Å²) in [5, 5.41) is 20.6. The van der Waals surface area contributed by atoms with Crippen molar-refractivity contribution >= 4 is 11.6 Å². The highest BCUT2D eigenvalue weighted by molar-refractivity contribution is 5.97. The van der Waals surface area contributed by atoms with Gasteiger partial charge >= 0.3 is 0 Å². The number of amides is 1. The lowest BCUT2D eigenvalue weighted by Crippen LogP contribution is -2.33. The standard InChI is InChI=1S/C14H18N6O/c1-4-17-11-9-18-13(10(2)3)19-12(11)14(21)20(7-5-15)8-6-16/h9-10,17H,4,7-8H2,1-3H3. The minimum Gasteiger partial charge on any atom is -0.382 e. The molecule has 0 aliphatic rings. The third-order valence-corrected chi connectivity index (χ3v) is 2.70. The van der Waals surface area contributed by atoms with Crippen LogP contribution in [0.1, 0.15) is 43.0 Å². The first kappa shape index (κ1) is 16.4. The molecule has 1 heterocycles. The molecular formula is C14H18N6O. The van der Waals surface area contributed by atoms with Gasteiger partial charge < -0.3 is 10.2 Å². The predicted octanol–water partition coefficient (Wildman–Crippen LogP) is 1.52. The molecule has 0 saturated heterocycles. The average molecular weight is 286 g/mol. The third-order valence-electron chi connectivity index (χ3n) is 2.70. The maximum atomic E-state index is 12.5. The largest absolute Gasteiger partial charge is 0.382 e. The Morgan fingerprint density at radius 3 is 2.48 bits per heavy atom. The lowest BCUT2D eigenvalue weighted by atomic mass is 10.2. The van der Waals surface area contributed by atoms with Crippen LogP contribution in [-0.4, -0.2) is 40.4 Å². The van der Waals surface area contributed by atoms with Crippen LogP contribution in [0.3, 0.4) is 0 Å². The number of nitriles is 2. The molecule has 1 N–H and O–H groups in total. The van der Waals surface area contributed by atoms with Crippen molar-refractivity contribution in [2.45, 2.75) is 26.7 Å². The molecule has 1 aromatic heterocycles. The van der Waals surface area contributed by atoms with Crippen LogP contribution in [0.25, 0.3) is 0 Å². The van der Waals surface area contributed by atoms with E-state index >= 15 is 0 Å². The van der Waals surface area contributed by atoms with Crippen LogP contribution in [0.15, 0.2) is 6.20 Å². The van der Waals surface area contributed by atoms with Crippen LogP contribution >= 0.6 is 0 Å². The van der Waals surface area contributed by atoms with E-state index in [1.165, 1.54) is 0 Å². The Balaban J connectivity index is 3.23. The van der Waals surface area contributed by atoms with Gasteiger partial charge in [-0.3, -0.25) is 4.79 Å². The molecule has 0 spiro atoms. The molecule has 110 valence electrons. The summed E-state index contributed by atoms with van der Waals surface area (Å²) < 4.78 is 0. The second-order valence-corrected chi connectivity index (χ2v) is 4.65. The highest BCUT2D eigenvalue weighted by Gasteiger charge is 2.22. The first-order valence-corrected chi connectivity index (χ1v) is 6.69. The molecule has 7 heteroatoms. The van der Waals surface area contributed by atoms with Gasteiger partial charge in [-0.05, 0) is 6.92 Å². The number of aromatic nitrogens is 2. The first-order valence-electron chi connectivity index (χ1n) is 6.69. The topological polar surface area (TPSA) is 106 Å². The second-order valence-electron chi connectivity index (χ2n) is 4.65. The van der Waals surface area contributed by atoms with E-state index in [1.807, 2.05) is 32.9 Å². The van der Waals surface area contributed by atoms with Crippen LogP contribution in [-0.2, 0) is 0 Å². The molecule has 0 fully saturated rings. The highest BCUT2D eigenvalue weighted by Crippen LogP contribution is 2.18. The van der Waals surface area contributed by atoms with Gasteiger partial charge in [-0.15, -0.1) is 0 Å². The summed E-state index contributed by atoms with van der Waals surface area (Å²) in [5.41, 5.74) is 0.703. The Bertz CT molecular complexity index is 568. The van der Waals surface area contributed by atoms with Gasteiger partial charge in [0.15, 0.2) is 5.69 Å². The number of carbonyl (C=O) groups is 1. The van der Waals surface area contributed by atoms with Gasteiger partial charge in [0.25, 0.3) is 5.91 Å².